The molecule has 348 valence electrons. The van der Waals surface area contributed by atoms with E-state index in [0.29, 0.717) is 19.3 Å². The average Bonchev–Trinajstić information content (AvgIpc) is 3.27. The van der Waals surface area contributed by atoms with E-state index in [4.69, 9.17) is 14.2 Å². The zero-order valence-corrected chi connectivity index (χ0v) is 39.6. The van der Waals surface area contributed by atoms with Crippen molar-refractivity contribution < 1.29 is 28.6 Å². The topological polar surface area (TPSA) is 78.9 Å². The van der Waals surface area contributed by atoms with E-state index in [2.05, 4.69) is 39.0 Å². The Hall–Kier alpha value is -4.19. The van der Waals surface area contributed by atoms with Gasteiger partial charge in [-0.15, -0.1) is 0 Å². The van der Waals surface area contributed by atoms with Gasteiger partial charge in [0, 0.05) is 19.3 Å². The van der Waals surface area contributed by atoms with Crippen LogP contribution in [0.2, 0.25) is 0 Å². The summed E-state index contributed by atoms with van der Waals surface area (Å²) in [6.07, 6.45) is 67.6. The quantitative estimate of drug-likeness (QED) is 0.0263. The zero-order chi connectivity index (χ0) is 45.1. The molecule has 0 aromatic rings. The van der Waals surface area contributed by atoms with Crippen LogP contribution in [0.3, 0.4) is 0 Å². The summed E-state index contributed by atoms with van der Waals surface area (Å²) in [5.74, 6) is -1.05. The average molecular weight is 857 g/mol. The van der Waals surface area contributed by atoms with Crippen LogP contribution < -0.4 is 0 Å². The van der Waals surface area contributed by atoms with Crippen molar-refractivity contribution in [2.75, 3.05) is 13.2 Å². The van der Waals surface area contributed by atoms with Crippen LogP contribution in [0, 0.1) is 0 Å². The number of unbranched alkanes of at least 4 members (excludes halogenated alkanes) is 19. The molecular formula is C56H88O6. The number of ether oxygens (including phenoxy) is 3. The highest BCUT2D eigenvalue weighted by atomic mass is 16.6. The molecule has 0 radical (unpaired) electrons. The summed E-state index contributed by atoms with van der Waals surface area (Å²) in [6, 6.07) is 0. The number of rotatable bonds is 42. The fourth-order valence-corrected chi connectivity index (χ4v) is 6.32. The first kappa shape index (κ1) is 57.8. The van der Waals surface area contributed by atoms with E-state index < -0.39 is 6.10 Å². The molecule has 0 rings (SSSR count). The Kier molecular flexibility index (Phi) is 46.1. The van der Waals surface area contributed by atoms with Crippen molar-refractivity contribution in [3.05, 3.63) is 122 Å². The first-order valence-corrected chi connectivity index (χ1v) is 24.7. The molecule has 0 aliphatic rings. The lowest BCUT2D eigenvalue weighted by atomic mass is 10.0. The second-order valence-corrected chi connectivity index (χ2v) is 15.9. The van der Waals surface area contributed by atoms with Crippen LogP contribution in [0.1, 0.15) is 194 Å². The van der Waals surface area contributed by atoms with Crippen LogP contribution in [-0.4, -0.2) is 37.2 Å². The predicted octanol–water partition coefficient (Wildman–Crippen LogP) is 16.1. The van der Waals surface area contributed by atoms with E-state index in [9.17, 15) is 14.4 Å². The number of carbonyl (C=O) groups excluding carboxylic acids is 3. The fraction of sp³-hybridized carbons (Fsp3) is 0.589. The maximum atomic E-state index is 12.8. The summed E-state index contributed by atoms with van der Waals surface area (Å²) in [6.45, 7) is 6.23. The summed E-state index contributed by atoms with van der Waals surface area (Å²) in [4.78, 5) is 37.9. The Morgan fingerprint density at radius 3 is 1.05 bits per heavy atom. The second-order valence-electron chi connectivity index (χ2n) is 15.9. The normalized spacial score (nSPS) is 13.1. The van der Waals surface area contributed by atoms with Crippen molar-refractivity contribution in [3.63, 3.8) is 0 Å². The molecular weight excluding hydrogens is 769 g/mol. The van der Waals surface area contributed by atoms with E-state index in [0.717, 1.165) is 57.8 Å². The van der Waals surface area contributed by atoms with Gasteiger partial charge in [-0.3, -0.25) is 14.4 Å². The van der Waals surface area contributed by atoms with Gasteiger partial charge in [-0.2, -0.15) is 0 Å². The summed E-state index contributed by atoms with van der Waals surface area (Å²) in [5, 5.41) is 0. The van der Waals surface area contributed by atoms with Crippen molar-refractivity contribution >= 4 is 17.9 Å². The molecule has 0 fully saturated rings. The Morgan fingerprint density at radius 1 is 0.339 bits per heavy atom. The van der Waals surface area contributed by atoms with E-state index >= 15 is 0 Å². The van der Waals surface area contributed by atoms with E-state index in [-0.39, 0.29) is 44.0 Å². The number of esters is 3. The molecule has 6 heteroatoms. The minimum absolute atomic E-state index is 0.120. The third kappa shape index (κ3) is 46.9. The lowest BCUT2D eigenvalue weighted by Crippen LogP contribution is -2.30. The smallest absolute Gasteiger partial charge is 0.306 e. The van der Waals surface area contributed by atoms with Gasteiger partial charge in [0.05, 0.1) is 0 Å². The molecule has 0 spiro atoms. The van der Waals surface area contributed by atoms with Crippen molar-refractivity contribution in [2.45, 2.75) is 200 Å². The van der Waals surface area contributed by atoms with Crippen LogP contribution in [-0.2, 0) is 28.6 Å². The van der Waals surface area contributed by atoms with E-state index in [1.54, 1.807) is 0 Å². The highest BCUT2D eigenvalue weighted by Gasteiger charge is 2.19. The van der Waals surface area contributed by atoms with Gasteiger partial charge in [-0.1, -0.05) is 245 Å². The molecule has 62 heavy (non-hydrogen) atoms. The molecule has 6 nitrogen and oxygen atoms in total. The van der Waals surface area contributed by atoms with Crippen LogP contribution in [0.5, 0.6) is 0 Å². The molecule has 0 N–H and O–H groups in total. The van der Waals surface area contributed by atoms with Gasteiger partial charge >= 0.3 is 17.9 Å². The maximum Gasteiger partial charge on any atom is 0.306 e. The zero-order valence-electron chi connectivity index (χ0n) is 39.6. The fourth-order valence-electron chi connectivity index (χ4n) is 6.32. The highest BCUT2D eigenvalue weighted by Crippen LogP contribution is 2.15. The maximum absolute atomic E-state index is 12.8. The van der Waals surface area contributed by atoms with Crippen LogP contribution >= 0.6 is 0 Å². The summed E-state index contributed by atoms with van der Waals surface area (Å²) >= 11 is 0. The number of carbonyl (C=O) groups is 3. The first-order valence-electron chi connectivity index (χ1n) is 24.7. The van der Waals surface area contributed by atoms with Crippen molar-refractivity contribution in [1.82, 2.24) is 0 Å². The Balaban J connectivity index is 4.56. The first-order chi connectivity index (χ1) is 30.5. The van der Waals surface area contributed by atoms with Gasteiger partial charge in [-0.05, 0) is 51.4 Å². The van der Waals surface area contributed by atoms with Crippen LogP contribution in [0.4, 0.5) is 0 Å². The molecule has 0 bridgehead atoms. The number of allylic oxidation sites excluding steroid dienone is 20. The van der Waals surface area contributed by atoms with Crippen molar-refractivity contribution in [3.8, 4) is 0 Å². The molecule has 0 amide bonds. The standard InChI is InChI=1S/C56H88O6/c1-4-7-10-13-16-19-22-25-27-29-31-34-37-40-43-46-49-55(58)61-52-53(51-60-54(57)48-45-42-39-36-33-30-24-21-18-15-12-9-6-3)62-56(59)50-47-44-41-38-35-32-28-26-23-20-17-14-11-8-5-2/h8-9,11-12,14-15,17-18,20-21,23-24,26,28,30,32-33,35-36,39,53H,4-7,10,13,16,19,22,25,27,29,31,34,37-38,40-52H2,1-3H3/b11-8-,12-9-,17-14-,18-15-,23-20-,24-21-,28-26-,33-30-,35-32-,39-36-. The lowest BCUT2D eigenvalue weighted by Gasteiger charge is -2.18. The molecule has 0 heterocycles. The van der Waals surface area contributed by atoms with Gasteiger partial charge in [0.1, 0.15) is 13.2 Å². The number of hydrogen-bond acceptors (Lipinski definition) is 6. The van der Waals surface area contributed by atoms with Gasteiger partial charge < -0.3 is 14.2 Å². The molecule has 1 atom stereocenters. The van der Waals surface area contributed by atoms with E-state index in [1.165, 1.54) is 83.5 Å². The minimum atomic E-state index is -0.830. The Morgan fingerprint density at radius 2 is 0.645 bits per heavy atom. The van der Waals surface area contributed by atoms with Crippen molar-refractivity contribution in [2.24, 2.45) is 0 Å². The lowest BCUT2D eigenvalue weighted by molar-refractivity contribution is -0.167. The summed E-state index contributed by atoms with van der Waals surface area (Å²) < 4.78 is 16.7. The Bertz CT molecular complexity index is 1350. The van der Waals surface area contributed by atoms with Gasteiger partial charge in [0.2, 0.25) is 0 Å². The highest BCUT2D eigenvalue weighted by molar-refractivity contribution is 5.71. The van der Waals surface area contributed by atoms with E-state index in [1.807, 2.05) is 103 Å². The van der Waals surface area contributed by atoms with Gasteiger partial charge in [-0.25, -0.2) is 0 Å². The molecule has 0 aromatic heterocycles. The van der Waals surface area contributed by atoms with Crippen molar-refractivity contribution in [1.29, 1.82) is 0 Å². The predicted molar refractivity (Wildman–Crippen MR) is 265 cm³/mol. The van der Waals surface area contributed by atoms with Gasteiger partial charge in [0.25, 0.3) is 0 Å². The van der Waals surface area contributed by atoms with Crippen LogP contribution in [0.15, 0.2) is 122 Å². The molecule has 1 unspecified atom stereocenters. The summed E-state index contributed by atoms with van der Waals surface area (Å²) in [5.41, 5.74) is 0. The summed E-state index contributed by atoms with van der Waals surface area (Å²) in [7, 11) is 0. The number of hydrogen-bond donors (Lipinski definition) is 0. The SMILES string of the molecule is CC\C=C/C=C\C=C/C=C\C=C/CCCCCC(=O)OC(COC(=O)CCC\C=C/C=C\C=C/C=C\C=C/CC)COC(=O)CCCCCCCCCCCCCCCCCC. The molecule has 0 aromatic carbocycles. The third-order valence-corrected chi connectivity index (χ3v) is 9.97. The van der Waals surface area contributed by atoms with Gasteiger partial charge in [0.15, 0.2) is 6.10 Å². The largest absolute Gasteiger partial charge is 0.462 e. The monoisotopic (exact) mass is 857 g/mol. The third-order valence-electron chi connectivity index (χ3n) is 9.97. The Labute approximate surface area is 380 Å². The molecule has 0 aliphatic heterocycles. The molecule has 0 saturated heterocycles. The minimum Gasteiger partial charge on any atom is -0.462 e. The second kappa shape index (κ2) is 49.5. The molecule has 0 saturated carbocycles. The molecule has 0 aliphatic carbocycles. The van der Waals surface area contributed by atoms with Crippen LogP contribution in [0.25, 0.3) is 0 Å².